The number of nitrogens with one attached hydrogen (secondary N) is 2. The summed E-state index contributed by atoms with van der Waals surface area (Å²) in [5.74, 6) is 0.772. The van der Waals surface area contributed by atoms with Crippen molar-refractivity contribution in [3.05, 3.63) is 24.3 Å². The topological polar surface area (TPSA) is 70.7 Å². The molecular formula is C17H25N3O3. The first-order chi connectivity index (χ1) is 11.1. The third-order valence-corrected chi connectivity index (χ3v) is 4.01. The molecule has 126 valence electrons. The van der Waals surface area contributed by atoms with Crippen molar-refractivity contribution in [1.82, 2.24) is 10.2 Å². The van der Waals surface area contributed by atoms with Crippen molar-refractivity contribution in [3.63, 3.8) is 0 Å². The molecule has 23 heavy (non-hydrogen) atoms. The number of rotatable bonds is 7. The summed E-state index contributed by atoms with van der Waals surface area (Å²) in [6.45, 7) is 4.72. The van der Waals surface area contributed by atoms with Gasteiger partial charge in [-0.3, -0.25) is 9.59 Å². The van der Waals surface area contributed by atoms with Gasteiger partial charge in [0.05, 0.1) is 18.2 Å². The number of hydrogen-bond acceptors (Lipinski definition) is 4. The molecular weight excluding hydrogens is 294 g/mol. The van der Waals surface area contributed by atoms with Gasteiger partial charge in [-0.25, -0.2) is 0 Å². The van der Waals surface area contributed by atoms with E-state index in [0.29, 0.717) is 31.0 Å². The number of carbonyl (C=O) groups excluding carboxylic acids is 2. The minimum absolute atomic E-state index is 0.0412. The van der Waals surface area contributed by atoms with Crippen molar-refractivity contribution in [2.45, 2.75) is 19.8 Å². The fourth-order valence-electron chi connectivity index (χ4n) is 2.78. The number of nitrogens with zero attached hydrogens (tertiary/aromatic N) is 1. The van der Waals surface area contributed by atoms with Crippen LogP contribution in [0.25, 0.3) is 0 Å². The van der Waals surface area contributed by atoms with E-state index in [4.69, 9.17) is 4.74 Å². The van der Waals surface area contributed by atoms with Crippen LogP contribution in [0.5, 0.6) is 5.75 Å². The van der Waals surface area contributed by atoms with Crippen LogP contribution in [0.2, 0.25) is 0 Å². The minimum Gasteiger partial charge on any atom is -0.492 e. The van der Waals surface area contributed by atoms with Crippen molar-refractivity contribution in [1.29, 1.82) is 0 Å². The Morgan fingerprint density at radius 2 is 2.13 bits per heavy atom. The molecule has 1 aromatic carbocycles. The van der Waals surface area contributed by atoms with Crippen molar-refractivity contribution >= 4 is 17.5 Å². The van der Waals surface area contributed by atoms with E-state index in [2.05, 4.69) is 15.5 Å². The summed E-state index contributed by atoms with van der Waals surface area (Å²) in [5.41, 5.74) is 0.698. The summed E-state index contributed by atoms with van der Waals surface area (Å²) in [7, 11) is 1.66. The van der Waals surface area contributed by atoms with Gasteiger partial charge in [-0.1, -0.05) is 12.1 Å². The lowest BCUT2D eigenvalue weighted by atomic mass is 10.1. The summed E-state index contributed by atoms with van der Waals surface area (Å²) >= 11 is 0. The van der Waals surface area contributed by atoms with Crippen LogP contribution in [-0.2, 0) is 9.59 Å². The third kappa shape index (κ3) is 4.96. The Morgan fingerprint density at radius 3 is 2.87 bits per heavy atom. The summed E-state index contributed by atoms with van der Waals surface area (Å²) in [6, 6.07) is 7.42. The second-order valence-electron chi connectivity index (χ2n) is 5.63. The molecule has 1 aromatic rings. The maximum atomic E-state index is 12.1. The van der Waals surface area contributed by atoms with Crippen molar-refractivity contribution in [2.24, 2.45) is 5.92 Å². The SMILES string of the molecule is CCOc1ccccc1NC(=O)CCN1CC[C@H](C(=O)NC)C1. The Hall–Kier alpha value is -2.08. The normalized spacial score (nSPS) is 17.7. The lowest BCUT2D eigenvalue weighted by Crippen LogP contribution is -2.31. The molecule has 2 rings (SSSR count). The summed E-state index contributed by atoms with van der Waals surface area (Å²) in [4.78, 5) is 25.9. The number of hydrogen-bond donors (Lipinski definition) is 2. The molecule has 2 amide bonds. The number of ether oxygens (including phenoxy) is 1. The van der Waals surface area contributed by atoms with Crippen LogP contribution in [0.1, 0.15) is 19.8 Å². The Morgan fingerprint density at radius 1 is 1.35 bits per heavy atom. The second kappa shape index (κ2) is 8.53. The summed E-state index contributed by atoms with van der Waals surface area (Å²) in [6.07, 6.45) is 1.26. The molecule has 1 aliphatic rings. The number of para-hydroxylation sites is 2. The lowest BCUT2D eigenvalue weighted by Gasteiger charge is -2.16. The summed E-state index contributed by atoms with van der Waals surface area (Å²) < 4.78 is 5.50. The molecule has 2 N–H and O–H groups in total. The van der Waals surface area contributed by atoms with Gasteiger partial charge in [0, 0.05) is 26.6 Å². The van der Waals surface area contributed by atoms with Gasteiger partial charge in [0.15, 0.2) is 0 Å². The molecule has 1 heterocycles. The number of anilines is 1. The Labute approximate surface area is 137 Å². The molecule has 1 aliphatic heterocycles. The molecule has 0 saturated carbocycles. The van der Waals surface area contributed by atoms with Crippen molar-refractivity contribution in [3.8, 4) is 5.75 Å². The fourth-order valence-corrected chi connectivity index (χ4v) is 2.78. The van der Waals surface area contributed by atoms with E-state index in [1.807, 2.05) is 31.2 Å². The molecule has 6 nitrogen and oxygen atoms in total. The predicted octanol–water partition coefficient (Wildman–Crippen LogP) is 1.48. The smallest absolute Gasteiger partial charge is 0.225 e. The first-order valence-electron chi connectivity index (χ1n) is 8.09. The van der Waals surface area contributed by atoms with E-state index in [1.54, 1.807) is 7.05 Å². The van der Waals surface area contributed by atoms with Gasteiger partial charge < -0.3 is 20.3 Å². The highest BCUT2D eigenvalue weighted by Crippen LogP contribution is 2.24. The van der Waals surface area contributed by atoms with Gasteiger partial charge in [-0.05, 0) is 32.0 Å². The van der Waals surface area contributed by atoms with E-state index >= 15 is 0 Å². The molecule has 0 aliphatic carbocycles. The Bertz CT molecular complexity index is 548. The number of benzene rings is 1. The van der Waals surface area contributed by atoms with Crippen LogP contribution in [-0.4, -0.2) is 50.0 Å². The average Bonchev–Trinajstić information content (AvgIpc) is 3.03. The van der Waals surface area contributed by atoms with Crippen LogP contribution in [0.3, 0.4) is 0 Å². The largest absolute Gasteiger partial charge is 0.492 e. The molecule has 6 heteroatoms. The number of amides is 2. The van der Waals surface area contributed by atoms with Gasteiger partial charge in [-0.2, -0.15) is 0 Å². The second-order valence-corrected chi connectivity index (χ2v) is 5.63. The highest BCUT2D eigenvalue weighted by molar-refractivity contribution is 5.92. The maximum Gasteiger partial charge on any atom is 0.225 e. The van der Waals surface area contributed by atoms with Crippen LogP contribution < -0.4 is 15.4 Å². The molecule has 0 spiro atoms. The first-order valence-corrected chi connectivity index (χ1v) is 8.09. The standard InChI is InChI=1S/C17H25N3O3/c1-3-23-15-7-5-4-6-14(15)19-16(21)9-11-20-10-8-13(12-20)17(22)18-2/h4-7,13H,3,8-12H2,1-2H3,(H,18,22)(H,19,21)/t13-/m0/s1. The Kier molecular flexibility index (Phi) is 6.40. The number of carbonyl (C=O) groups is 2. The zero-order valence-electron chi connectivity index (χ0n) is 13.8. The average molecular weight is 319 g/mol. The molecule has 1 atom stereocenters. The molecule has 0 unspecified atom stereocenters. The van der Waals surface area contributed by atoms with Crippen molar-refractivity contribution in [2.75, 3.05) is 38.6 Å². The van der Waals surface area contributed by atoms with Gasteiger partial charge in [-0.15, -0.1) is 0 Å². The predicted molar refractivity (Wildman–Crippen MR) is 89.5 cm³/mol. The highest BCUT2D eigenvalue weighted by Gasteiger charge is 2.27. The molecule has 1 saturated heterocycles. The van der Waals surface area contributed by atoms with E-state index in [9.17, 15) is 9.59 Å². The maximum absolute atomic E-state index is 12.1. The Balaban J connectivity index is 1.79. The molecule has 0 aromatic heterocycles. The van der Waals surface area contributed by atoms with E-state index in [0.717, 1.165) is 19.5 Å². The van der Waals surface area contributed by atoms with E-state index < -0.39 is 0 Å². The highest BCUT2D eigenvalue weighted by atomic mass is 16.5. The quantitative estimate of drug-likeness (QED) is 0.799. The zero-order chi connectivity index (χ0) is 16.7. The lowest BCUT2D eigenvalue weighted by molar-refractivity contribution is -0.124. The van der Waals surface area contributed by atoms with Crippen molar-refractivity contribution < 1.29 is 14.3 Å². The number of likely N-dealkylation sites (tertiary alicyclic amines) is 1. The fraction of sp³-hybridized carbons (Fsp3) is 0.529. The summed E-state index contributed by atoms with van der Waals surface area (Å²) in [5, 5.41) is 5.58. The van der Waals surface area contributed by atoms with Gasteiger partial charge in [0.25, 0.3) is 0 Å². The molecule has 1 fully saturated rings. The van der Waals surface area contributed by atoms with Crippen LogP contribution in [0, 0.1) is 5.92 Å². The van der Waals surface area contributed by atoms with E-state index in [-0.39, 0.29) is 17.7 Å². The van der Waals surface area contributed by atoms with Gasteiger partial charge in [0.2, 0.25) is 11.8 Å². The van der Waals surface area contributed by atoms with E-state index in [1.165, 1.54) is 0 Å². The van der Waals surface area contributed by atoms with Crippen LogP contribution in [0.4, 0.5) is 5.69 Å². The van der Waals surface area contributed by atoms with Gasteiger partial charge >= 0.3 is 0 Å². The monoisotopic (exact) mass is 319 g/mol. The molecule has 0 radical (unpaired) electrons. The minimum atomic E-state index is -0.0412. The molecule has 0 bridgehead atoms. The van der Waals surface area contributed by atoms with Crippen LogP contribution in [0.15, 0.2) is 24.3 Å². The van der Waals surface area contributed by atoms with Crippen LogP contribution >= 0.6 is 0 Å². The third-order valence-electron chi connectivity index (χ3n) is 4.01. The zero-order valence-corrected chi connectivity index (χ0v) is 13.8. The first kappa shape index (κ1) is 17.3. The van der Waals surface area contributed by atoms with Gasteiger partial charge in [0.1, 0.15) is 5.75 Å².